The van der Waals surface area contributed by atoms with E-state index in [1.165, 1.54) is 0 Å². The summed E-state index contributed by atoms with van der Waals surface area (Å²) >= 11 is 0. The van der Waals surface area contributed by atoms with Gasteiger partial charge in [-0.3, -0.25) is 4.79 Å². The number of amides is 1. The number of aromatic nitrogens is 3. The van der Waals surface area contributed by atoms with Crippen LogP contribution in [0.4, 0.5) is 17.5 Å². The number of primary amides is 1. The third-order valence-electron chi connectivity index (χ3n) is 2.21. The zero-order valence-corrected chi connectivity index (χ0v) is 9.66. The van der Waals surface area contributed by atoms with Gasteiger partial charge in [-0.05, 0) is 24.3 Å². The fourth-order valence-corrected chi connectivity index (χ4v) is 1.36. The predicted molar refractivity (Wildman–Crippen MR) is 67.2 cm³/mol. The van der Waals surface area contributed by atoms with Crippen LogP contribution in [-0.4, -0.2) is 21.1 Å². The first-order chi connectivity index (χ1) is 9.10. The van der Waals surface area contributed by atoms with Gasteiger partial charge in [-0.1, -0.05) is 0 Å². The first-order valence-corrected chi connectivity index (χ1v) is 5.17. The van der Waals surface area contributed by atoms with Crippen molar-refractivity contribution in [2.75, 3.05) is 11.1 Å². The van der Waals surface area contributed by atoms with E-state index in [2.05, 4.69) is 20.5 Å². The first-order valence-electron chi connectivity index (χ1n) is 5.17. The van der Waals surface area contributed by atoms with Crippen molar-refractivity contribution < 1.29 is 4.79 Å². The van der Waals surface area contributed by atoms with Crippen molar-refractivity contribution in [2.45, 2.75) is 0 Å². The molecule has 19 heavy (non-hydrogen) atoms. The molecule has 0 spiro atoms. The molecule has 0 radical (unpaired) electrons. The Morgan fingerprint density at radius 3 is 2.53 bits per heavy atom. The summed E-state index contributed by atoms with van der Waals surface area (Å²) in [6.07, 6.45) is 0. The number of hydrogen-bond acceptors (Lipinski definition) is 7. The monoisotopic (exact) mass is 255 g/mol. The predicted octanol–water partition coefficient (Wildman–Crippen LogP) is 0.168. The van der Waals surface area contributed by atoms with Crippen molar-refractivity contribution >= 4 is 23.4 Å². The standard InChI is InChI=1S/C11H9N7O/c12-5-6-1-3-7(4-2-6)15-10-8(9(13)19)17-18-11(14)16-10/h1-4H,(H2,13,19)(H3,14,15,16,18). The second-order valence-electron chi connectivity index (χ2n) is 3.55. The summed E-state index contributed by atoms with van der Waals surface area (Å²) in [6.45, 7) is 0. The van der Waals surface area contributed by atoms with E-state index in [9.17, 15) is 4.79 Å². The molecule has 0 aliphatic heterocycles. The number of rotatable bonds is 3. The van der Waals surface area contributed by atoms with Crippen LogP contribution in [0.25, 0.3) is 0 Å². The third-order valence-corrected chi connectivity index (χ3v) is 2.21. The number of nitrogens with one attached hydrogen (secondary N) is 1. The molecule has 8 nitrogen and oxygen atoms in total. The molecule has 0 aliphatic rings. The Balaban J connectivity index is 2.34. The second-order valence-corrected chi connectivity index (χ2v) is 3.55. The summed E-state index contributed by atoms with van der Waals surface area (Å²) in [5, 5.41) is 18.6. The van der Waals surface area contributed by atoms with E-state index in [-0.39, 0.29) is 17.5 Å². The highest BCUT2D eigenvalue weighted by molar-refractivity contribution is 5.96. The minimum Gasteiger partial charge on any atom is -0.366 e. The summed E-state index contributed by atoms with van der Waals surface area (Å²) in [7, 11) is 0. The minimum absolute atomic E-state index is 0.0823. The summed E-state index contributed by atoms with van der Waals surface area (Å²) in [6, 6.07) is 8.54. The number of nitrogen functional groups attached to an aromatic ring is 1. The van der Waals surface area contributed by atoms with E-state index < -0.39 is 5.91 Å². The van der Waals surface area contributed by atoms with Gasteiger partial charge in [0.25, 0.3) is 5.91 Å². The molecule has 0 bridgehead atoms. The molecule has 8 heteroatoms. The zero-order chi connectivity index (χ0) is 13.8. The van der Waals surface area contributed by atoms with Crippen LogP contribution in [0.2, 0.25) is 0 Å². The van der Waals surface area contributed by atoms with Gasteiger partial charge in [-0.25, -0.2) is 0 Å². The highest BCUT2D eigenvalue weighted by Crippen LogP contribution is 2.17. The molecule has 5 N–H and O–H groups in total. The van der Waals surface area contributed by atoms with Crippen LogP contribution in [0.15, 0.2) is 24.3 Å². The molecule has 2 rings (SSSR count). The zero-order valence-electron chi connectivity index (χ0n) is 9.66. The molecule has 2 aromatic rings. The van der Waals surface area contributed by atoms with Crippen molar-refractivity contribution in [2.24, 2.45) is 5.73 Å². The Morgan fingerprint density at radius 1 is 1.26 bits per heavy atom. The molecule has 0 unspecified atom stereocenters. The van der Waals surface area contributed by atoms with Crippen LogP contribution >= 0.6 is 0 Å². The van der Waals surface area contributed by atoms with Gasteiger partial charge < -0.3 is 16.8 Å². The number of nitriles is 1. The molecular weight excluding hydrogens is 246 g/mol. The maximum Gasteiger partial charge on any atom is 0.273 e. The molecule has 94 valence electrons. The largest absolute Gasteiger partial charge is 0.366 e. The first kappa shape index (κ1) is 12.3. The molecule has 0 saturated carbocycles. The van der Waals surface area contributed by atoms with Gasteiger partial charge >= 0.3 is 0 Å². The Hall–Kier alpha value is -3.21. The SMILES string of the molecule is N#Cc1ccc(Nc2nc(N)nnc2C(N)=O)cc1. The molecule has 0 saturated heterocycles. The van der Waals surface area contributed by atoms with Gasteiger partial charge in [0.05, 0.1) is 11.6 Å². The number of carbonyl (C=O) groups excluding carboxylic acids is 1. The fraction of sp³-hybridized carbons (Fsp3) is 0. The van der Waals surface area contributed by atoms with Crippen LogP contribution in [0.1, 0.15) is 16.1 Å². The average molecular weight is 255 g/mol. The van der Waals surface area contributed by atoms with Gasteiger partial charge in [0.2, 0.25) is 5.95 Å². The highest BCUT2D eigenvalue weighted by atomic mass is 16.1. The lowest BCUT2D eigenvalue weighted by Crippen LogP contribution is -2.18. The average Bonchev–Trinajstić information content (AvgIpc) is 2.39. The maximum atomic E-state index is 11.2. The van der Waals surface area contributed by atoms with Crippen molar-refractivity contribution in [3.8, 4) is 6.07 Å². The van der Waals surface area contributed by atoms with Crippen LogP contribution in [-0.2, 0) is 0 Å². The lowest BCUT2D eigenvalue weighted by atomic mass is 10.2. The van der Waals surface area contributed by atoms with E-state index in [4.69, 9.17) is 16.7 Å². The van der Waals surface area contributed by atoms with Crippen LogP contribution < -0.4 is 16.8 Å². The number of nitrogens with two attached hydrogens (primary N) is 2. The van der Waals surface area contributed by atoms with Crippen molar-refractivity contribution in [3.63, 3.8) is 0 Å². The van der Waals surface area contributed by atoms with Crippen LogP contribution in [0.3, 0.4) is 0 Å². The van der Waals surface area contributed by atoms with E-state index in [0.717, 1.165) is 0 Å². The number of nitrogens with zero attached hydrogens (tertiary/aromatic N) is 4. The molecular formula is C11H9N7O. The summed E-state index contributed by atoms with van der Waals surface area (Å²) in [4.78, 5) is 15.0. The van der Waals surface area contributed by atoms with Crippen molar-refractivity contribution in [1.82, 2.24) is 15.2 Å². The third kappa shape index (κ3) is 2.73. The van der Waals surface area contributed by atoms with Gasteiger partial charge in [0.1, 0.15) is 0 Å². The molecule has 1 heterocycles. The molecule has 0 aliphatic carbocycles. The quantitative estimate of drug-likeness (QED) is 0.708. The van der Waals surface area contributed by atoms with E-state index >= 15 is 0 Å². The Bertz CT molecular complexity index is 660. The van der Waals surface area contributed by atoms with Gasteiger partial charge in [-0.15, -0.1) is 10.2 Å². The van der Waals surface area contributed by atoms with Crippen LogP contribution in [0.5, 0.6) is 0 Å². The summed E-state index contributed by atoms with van der Waals surface area (Å²) < 4.78 is 0. The number of carbonyl (C=O) groups is 1. The maximum absolute atomic E-state index is 11.2. The van der Waals surface area contributed by atoms with Gasteiger partial charge in [-0.2, -0.15) is 10.2 Å². The smallest absolute Gasteiger partial charge is 0.273 e. The van der Waals surface area contributed by atoms with E-state index in [1.54, 1.807) is 24.3 Å². The minimum atomic E-state index is -0.767. The molecule has 1 aromatic carbocycles. The topological polar surface area (TPSA) is 144 Å². The normalized spacial score (nSPS) is 9.63. The lowest BCUT2D eigenvalue weighted by molar-refractivity contribution is 0.0995. The number of benzene rings is 1. The van der Waals surface area contributed by atoms with Crippen LogP contribution in [0, 0.1) is 11.3 Å². The van der Waals surface area contributed by atoms with E-state index in [0.29, 0.717) is 11.3 Å². The second kappa shape index (κ2) is 4.97. The van der Waals surface area contributed by atoms with Gasteiger partial charge in [0.15, 0.2) is 11.5 Å². The summed E-state index contributed by atoms with van der Waals surface area (Å²) in [5.41, 5.74) is 11.6. The van der Waals surface area contributed by atoms with Crippen molar-refractivity contribution in [3.05, 3.63) is 35.5 Å². The molecule has 1 amide bonds. The van der Waals surface area contributed by atoms with Crippen molar-refractivity contribution in [1.29, 1.82) is 5.26 Å². The lowest BCUT2D eigenvalue weighted by Gasteiger charge is -2.07. The Morgan fingerprint density at radius 2 is 1.95 bits per heavy atom. The number of anilines is 3. The van der Waals surface area contributed by atoms with E-state index in [1.807, 2.05) is 6.07 Å². The fourth-order valence-electron chi connectivity index (χ4n) is 1.36. The Labute approximate surface area is 108 Å². The molecule has 0 fully saturated rings. The van der Waals surface area contributed by atoms with Gasteiger partial charge in [0, 0.05) is 5.69 Å². The molecule has 1 aromatic heterocycles. The summed E-state index contributed by atoms with van der Waals surface area (Å²) in [5.74, 6) is -0.734. The number of hydrogen-bond donors (Lipinski definition) is 3. The highest BCUT2D eigenvalue weighted by Gasteiger charge is 2.13. The molecule has 0 atom stereocenters. The Kier molecular flexibility index (Phi) is 3.20.